The number of likely N-dealkylation sites (tertiary alicyclic amines) is 1. The maximum atomic E-state index is 13.0. The first-order valence-electron chi connectivity index (χ1n) is 10.5. The maximum Gasteiger partial charge on any atom is 0.295 e. The summed E-state index contributed by atoms with van der Waals surface area (Å²) in [5.74, 6) is -0.668. The van der Waals surface area contributed by atoms with Crippen LogP contribution in [0.4, 0.5) is 0 Å². The normalized spacial score (nSPS) is 22.1. The summed E-state index contributed by atoms with van der Waals surface area (Å²) in [6.45, 7) is 3.16. The number of ether oxygens (including phenoxy) is 1. The van der Waals surface area contributed by atoms with Gasteiger partial charge < -0.3 is 19.6 Å². The number of aliphatic hydroxyl groups excluding tert-OH is 1. The van der Waals surface area contributed by atoms with Gasteiger partial charge in [-0.1, -0.05) is 6.07 Å². The highest BCUT2D eigenvalue weighted by atomic mass is 16.5. The van der Waals surface area contributed by atoms with E-state index in [0.29, 0.717) is 24.2 Å². The number of nitrogens with zero attached hydrogens (tertiary/aromatic N) is 3. The van der Waals surface area contributed by atoms with Crippen LogP contribution in [0, 0.1) is 0 Å². The molecule has 3 heterocycles. The van der Waals surface area contributed by atoms with Crippen LogP contribution in [-0.4, -0.2) is 64.9 Å². The van der Waals surface area contributed by atoms with Gasteiger partial charge in [-0.25, -0.2) is 0 Å². The number of aliphatic hydroxyl groups is 1. The Kier molecular flexibility index (Phi) is 5.78. The van der Waals surface area contributed by atoms with E-state index in [-0.39, 0.29) is 17.4 Å². The lowest BCUT2D eigenvalue weighted by molar-refractivity contribution is -0.140. The van der Waals surface area contributed by atoms with E-state index < -0.39 is 17.7 Å². The van der Waals surface area contributed by atoms with E-state index in [0.717, 1.165) is 24.3 Å². The Labute approximate surface area is 182 Å². The lowest BCUT2D eigenvalue weighted by atomic mass is 9.97. The first kappa shape index (κ1) is 21.1. The van der Waals surface area contributed by atoms with Gasteiger partial charge in [-0.3, -0.25) is 14.6 Å². The predicted molar refractivity (Wildman–Crippen MR) is 117 cm³/mol. The first-order valence-corrected chi connectivity index (χ1v) is 10.5. The minimum Gasteiger partial charge on any atom is -0.507 e. The van der Waals surface area contributed by atoms with Crippen LogP contribution in [0.2, 0.25) is 0 Å². The molecule has 1 fully saturated rings. The van der Waals surface area contributed by atoms with Crippen molar-refractivity contribution in [1.82, 2.24) is 14.8 Å². The molecule has 2 atom stereocenters. The Hall–Kier alpha value is -3.19. The standard InChI is InChI=1S/C24H27N3O4/c1-15-13-17-14-16(8-9-19(17)31-15)22(28)20-21(18-7-4-5-10-25-18)27(24(30)23(20)29)12-6-11-26(2)3/h4-5,7-10,14-15,21,28H,6,11-13H2,1-3H3/b22-20-. The van der Waals surface area contributed by atoms with E-state index in [1.807, 2.05) is 38.1 Å². The molecule has 7 nitrogen and oxygen atoms in total. The highest BCUT2D eigenvalue weighted by Crippen LogP contribution is 2.39. The monoisotopic (exact) mass is 421 g/mol. The molecular formula is C24H27N3O4. The second-order valence-electron chi connectivity index (χ2n) is 8.36. The maximum absolute atomic E-state index is 13.0. The Morgan fingerprint density at radius 1 is 1.26 bits per heavy atom. The van der Waals surface area contributed by atoms with Gasteiger partial charge >= 0.3 is 0 Å². The van der Waals surface area contributed by atoms with E-state index >= 15 is 0 Å². The van der Waals surface area contributed by atoms with Crippen molar-refractivity contribution in [2.75, 3.05) is 27.2 Å². The summed E-state index contributed by atoms with van der Waals surface area (Å²) in [5.41, 5.74) is 2.13. The van der Waals surface area contributed by atoms with E-state index in [9.17, 15) is 14.7 Å². The molecule has 1 saturated heterocycles. The van der Waals surface area contributed by atoms with Gasteiger partial charge in [0.1, 0.15) is 23.7 Å². The molecule has 7 heteroatoms. The number of rotatable bonds is 6. The molecule has 0 radical (unpaired) electrons. The number of Topliss-reactive ketones (excluding diaryl/α,β-unsaturated/α-hetero) is 1. The molecule has 0 aliphatic carbocycles. The molecule has 1 aromatic carbocycles. The summed E-state index contributed by atoms with van der Waals surface area (Å²) in [7, 11) is 3.92. The van der Waals surface area contributed by atoms with Crippen LogP contribution in [0.3, 0.4) is 0 Å². The number of hydrogen-bond donors (Lipinski definition) is 1. The van der Waals surface area contributed by atoms with Gasteiger partial charge in [-0.15, -0.1) is 0 Å². The summed E-state index contributed by atoms with van der Waals surface area (Å²) < 4.78 is 5.74. The number of amides is 1. The van der Waals surface area contributed by atoms with Crippen LogP contribution in [0.5, 0.6) is 5.75 Å². The number of fused-ring (bicyclic) bond motifs is 1. The molecule has 0 saturated carbocycles. The molecule has 31 heavy (non-hydrogen) atoms. The molecule has 1 N–H and O–H groups in total. The van der Waals surface area contributed by atoms with Gasteiger partial charge in [0.25, 0.3) is 11.7 Å². The molecule has 162 valence electrons. The fraction of sp³-hybridized carbons (Fsp3) is 0.375. The van der Waals surface area contributed by atoms with Crippen molar-refractivity contribution in [3.05, 3.63) is 65.0 Å². The van der Waals surface area contributed by atoms with Gasteiger partial charge in [0.05, 0.1) is 11.3 Å². The molecule has 0 bridgehead atoms. The Morgan fingerprint density at radius 2 is 2.06 bits per heavy atom. The number of hydrogen-bond acceptors (Lipinski definition) is 6. The molecule has 2 aliphatic rings. The number of carbonyl (C=O) groups excluding carboxylic acids is 2. The molecule has 4 rings (SSSR count). The van der Waals surface area contributed by atoms with Crippen LogP contribution >= 0.6 is 0 Å². The van der Waals surface area contributed by atoms with Crippen molar-refractivity contribution in [1.29, 1.82) is 0 Å². The summed E-state index contributed by atoms with van der Waals surface area (Å²) in [6.07, 6.45) is 3.14. The van der Waals surface area contributed by atoms with Crippen LogP contribution in [-0.2, 0) is 16.0 Å². The molecule has 2 unspecified atom stereocenters. The minimum absolute atomic E-state index is 0.0724. The highest BCUT2D eigenvalue weighted by molar-refractivity contribution is 6.46. The number of carbonyl (C=O) groups is 2. The average molecular weight is 421 g/mol. The van der Waals surface area contributed by atoms with E-state index in [1.165, 1.54) is 4.90 Å². The Bertz CT molecular complexity index is 1030. The van der Waals surface area contributed by atoms with E-state index in [1.54, 1.807) is 30.5 Å². The van der Waals surface area contributed by atoms with Crippen molar-refractivity contribution in [3.63, 3.8) is 0 Å². The molecular weight excluding hydrogens is 394 g/mol. The molecule has 2 aromatic rings. The van der Waals surface area contributed by atoms with Crippen LogP contribution in [0.1, 0.15) is 36.2 Å². The number of pyridine rings is 1. The zero-order valence-electron chi connectivity index (χ0n) is 18.0. The Morgan fingerprint density at radius 3 is 2.77 bits per heavy atom. The second kappa shape index (κ2) is 8.51. The lowest BCUT2D eigenvalue weighted by Crippen LogP contribution is -2.32. The topological polar surface area (TPSA) is 83.0 Å². The van der Waals surface area contributed by atoms with Crippen molar-refractivity contribution >= 4 is 17.4 Å². The summed E-state index contributed by atoms with van der Waals surface area (Å²) in [5, 5.41) is 11.2. The van der Waals surface area contributed by atoms with Gasteiger partial charge in [0.2, 0.25) is 0 Å². The zero-order valence-corrected chi connectivity index (χ0v) is 18.0. The number of aromatic nitrogens is 1. The van der Waals surface area contributed by atoms with Crippen molar-refractivity contribution in [3.8, 4) is 5.75 Å². The fourth-order valence-electron chi connectivity index (χ4n) is 4.24. The fourth-order valence-corrected chi connectivity index (χ4v) is 4.24. The van der Waals surface area contributed by atoms with Crippen molar-refractivity contribution in [2.24, 2.45) is 0 Å². The number of ketones is 1. The van der Waals surface area contributed by atoms with E-state index in [4.69, 9.17) is 4.74 Å². The first-order chi connectivity index (χ1) is 14.9. The minimum atomic E-state index is -0.716. The van der Waals surface area contributed by atoms with E-state index in [2.05, 4.69) is 4.98 Å². The number of benzene rings is 1. The Balaban J connectivity index is 1.76. The largest absolute Gasteiger partial charge is 0.507 e. The molecule has 1 amide bonds. The quantitative estimate of drug-likeness (QED) is 0.439. The SMILES string of the molecule is CC1Cc2cc(/C(O)=C3/C(=O)C(=O)N(CCCN(C)C)C3c3ccccn3)ccc2O1. The third-order valence-electron chi connectivity index (χ3n) is 5.68. The third-order valence-corrected chi connectivity index (χ3v) is 5.68. The smallest absolute Gasteiger partial charge is 0.295 e. The van der Waals surface area contributed by atoms with Crippen molar-refractivity contribution < 1.29 is 19.4 Å². The zero-order chi connectivity index (χ0) is 22.1. The third kappa shape index (κ3) is 4.05. The average Bonchev–Trinajstić information content (AvgIpc) is 3.24. The van der Waals surface area contributed by atoms with Gasteiger partial charge in [0, 0.05) is 24.7 Å². The summed E-state index contributed by atoms with van der Waals surface area (Å²) in [6, 6.07) is 10.0. The second-order valence-corrected chi connectivity index (χ2v) is 8.36. The predicted octanol–water partition coefficient (Wildman–Crippen LogP) is 2.78. The lowest BCUT2D eigenvalue weighted by Gasteiger charge is -2.25. The molecule has 2 aliphatic heterocycles. The van der Waals surface area contributed by atoms with Crippen LogP contribution < -0.4 is 4.74 Å². The van der Waals surface area contributed by atoms with Gasteiger partial charge in [-0.2, -0.15) is 0 Å². The molecule has 0 spiro atoms. The van der Waals surface area contributed by atoms with Crippen LogP contribution in [0.15, 0.2) is 48.2 Å². The summed E-state index contributed by atoms with van der Waals surface area (Å²) in [4.78, 5) is 33.9. The van der Waals surface area contributed by atoms with Crippen molar-refractivity contribution in [2.45, 2.75) is 31.9 Å². The summed E-state index contributed by atoms with van der Waals surface area (Å²) >= 11 is 0. The van der Waals surface area contributed by atoms with Gasteiger partial charge in [0.15, 0.2) is 0 Å². The highest BCUT2D eigenvalue weighted by Gasteiger charge is 2.46. The van der Waals surface area contributed by atoms with Crippen LogP contribution in [0.25, 0.3) is 5.76 Å². The molecule has 1 aromatic heterocycles. The van der Waals surface area contributed by atoms with Gasteiger partial charge in [-0.05, 0) is 69.9 Å².